The van der Waals surface area contributed by atoms with Crippen LogP contribution in [0.3, 0.4) is 0 Å². The molecule has 16 heavy (non-hydrogen) atoms. The summed E-state index contributed by atoms with van der Waals surface area (Å²) in [6.45, 7) is 6.04. The SMILES string of the molecule is CC(C)Oc1ccc(C2(C)CC(=O)N2)cc1. The van der Waals surface area contributed by atoms with Gasteiger partial charge in [-0.25, -0.2) is 0 Å². The van der Waals surface area contributed by atoms with Crippen molar-refractivity contribution >= 4 is 5.91 Å². The molecule has 86 valence electrons. The smallest absolute Gasteiger partial charge is 0.223 e. The predicted octanol–water partition coefficient (Wildman–Crippen LogP) is 2.21. The van der Waals surface area contributed by atoms with Crippen molar-refractivity contribution in [2.75, 3.05) is 0 Å². The Morgan fingerprint density at radius 1 is 1.31 bits per heavy atom. The molecule has 3 heteroatoms. The Labute approximate surface area is 95.8 Å². The van der Waals surface area contributed by atoms with Crippen LogP contribution in [0, 0.1) is 0 Å². The Bertz CT molecular complexity index is 387. The van der Waals surface area contributed by atoms with Gasteiger partial charge in [-0.15, -0.1) is 0 Å². The van der Waals surface area contributed by atoms with Crippen molar-refractivity contribution in [2.24, 2.45) is 0 Å². The Morgan fingerprint density at radius 3 is 2.31 bits per heavy atom. The maximum Gasteiger partial charge on any atom is 0.223 e. The molecule has 1 unspecified atom stereocenters. The van der Waals surface area contributed by atoms with E-state index in [-0.39, 0.29) is 17.6 Å². The number of amides is 1. The summed E-state index contributed by atoms with van der Waals surface area (Å²) in [5, 5.41) is 2.92. The van der Waals surface area contributed by atoms with Crippen LogP contribution < -0.4 is 10.1 Å². The van der Waals surface area contributed by atoms with E-state index in [9.17, 15) is 4.79 Å². The second kappa shape index (κ2) is 3.81. The van der Waals surface area contributed by atoms with E-state index in [1.54, 1.807) is 0 Å². The summed E-state index contributed by atoms with van der Waals surface area (Å²) < 4.78 is 5.57. The summed E-state index contributed by atoms with van der Waals surface area (Å²) in [5.74, 6) is 0.984. The van der Waals surface area contributed by atoms with Gasteiger partial charge in [-0.3, -0.25) is 4.79 Å². The van der Waals surface area contributed by atoms with Crippen LogP contribution in [-0.4, -0.2) is 12.0 Å². The van der Waals surface area contributed by atoms with Gasteiger partial charge >= 0.3 is 0 Å². The molecule has 1 atom stereocenters. The zero-order valence-corrected chi connectivity index (χ0v) is 9.91. The van der Waals surface area contributed by atoms with E-state index in [1.807, 2.05) is 45.0 Å². The topological polar surface area (TPSA) is 38.3 Å². The molecule has 0 aromatic heterocycles. The van der Waals surface area contributed by atoms with Gasteiger partial charge in [0.25, 0.3) is 0 Å². The minimum absolute atomic E-state index is 0.116. The van der Waals surface area contributed by atoms with Crippen molar-refractivity contribution in [1.29, 1.82) is 0 Å². The fourth-order valence-corrected chi connectivity index (χ4v) is 1.96. The first-order chi connectivity index (χ1) is 7.49. The lowest BCUT2D eigenvalue weighted by molar-refractivity contribution is -0.132. The van der Waals surface area contributed by atoms with Crippen LogP contribution in [0.5, 0.6) is 5.75 Å². The maximum atomic E-state index is 11.0. The molecular weight excluding hydrogens is 202 g/mol. The molecule has 1 amide bonds. The van der Waals surface area contributed by atoms with E-state index in [0.717, 1.165) is 11.3 Å². The number of hydrogen-bond acceptors (Lipinski definition) is 2. The van der Waals surface area contributed by atoms with E-state index < -0.39 is 0 Å². The largest absolute Gasteiger partial charge is 0.491 e. The zero-order chi connectivity index (χ0) is 11.8. The number of β-lactam (4-membered cyclic amide) rings is 1. The number of nitrogens with one attached hydrogen (secondary N) is 1. The van der Waals surface area contributed by atoms with E-state index in [2.05, 4.69) is 5.32 Å². The Kier molecular flexibility index (Phi) is 2.62. The second-order valence-electron chi connectivity index (χ2n) is 4.75. The van der Waals surface area contributed by atoms with Gasteiger partial charge in [0, 0.05) is 0 Å². The van der Waals surface area contributed by atoms with Crippen LogP contribution in [0.2, 0.25) is 0 Å². The van der Waals surface area contributed by atoms with Gasteiger partial charge in [-0.05, 0) is 38.5 Å². The molecule has 1 saturated heterocycles. The third kappa shape index (κ3) is 2.03. The summed E-state index contributed by atoms with van der Waals surface area (Å²) in [5.41, 5.74) is 0.941. The van der Waals surface area contributed by atoms with Gasteiger partial charge < -0.3 is 10.1 Å². The first-order valence-electron chi connectivity index (χ1n) is 5.58. The van der Waals surface area contributed by atoms with E-state index in [4.69, 9.17) is 4.74 Å². The fourth-order valence-electron chi connectivity index (χ4n) is 1.96. The highest BCUT2D eigenvalue weighted by atomic mass is 16.5. The maximum absolute atomic E-state index is 11.0. The minimum atomic E-state index is -0.187. The monoisotopic (exact) mass is 219 g/mol. The fraction of sp³-hybridized carbons (Fsp3) is 0.462. The molecule has 1 aromatic carbocycles. The lowest BCUT2D eigenvalue weighted by atomic mass is 9.82. The van der Waals surface area contributed by atoms with Crippen LogP contribution in [0.15, 0.2) is 24.3 Å². The van der Waals surface area contributed by atoms with Crippen molar-refractivity contribution in [1.82, 2.24) is 5.32 Å². The third-order valence-electron chi connectivity index (χ3n) is 2.79. The van der Waals surface area contributed by atoms with Gasteiger partial charge in [0.05, 0.1) is 18.1 Å². The quantitative estimate of drug-likeness (QED) is 0.791. The van der Waals surface area contributed by atoms with Gasteiger partial charge in [0.15, 0.2) is 0 Å². The first-order valence-corrected chi connectivity index (χ1v) is 5.58. The highest BCUT2D eigenvalue weighted by molar-refractivity contribution is 5.85. The van der Waals surface area contributed by atoms with E-state index >= 15 is 0 Å². The standard InChI is InChI=1S/C13H17NO2/c1-9(2)16-11-6-4-10(5-7-11)13(3)8-12(15)14-13/h4-7,9H,8H2,1-3H3,(H,14,15). The normalized spacial score (nSPS) is 23.9. The average Bonchev–Trinajstić information content (AvgIpc) is 2.15. The zero-order valence-electron chi connectivity index (χ0n) is 9.91. The van der Waals surface area contributed by atoms with Crippen LogP contribution in [0.1, 0.15) is 32.8 Å². The number of carbonyl (C=O) groups excluding carboxylic acids is 1. The lowest BCUT2D eigenvalue weighted by Crippen LogP contribution is -2.56. The minimum Gasteiger partial charge on any atom is -0.491 e. The highest BCUT2D eigenvalue weighted by Gasteiger charge is 2.39. The molecule has 1 fully saturated rings. The lowest BCUT2D eigenvalue weighted by Gasteiger charge is -2.39. The molecule has 2 rings (SSSR count). The molecule has 0 bridgehead atoms. The Hall–Kier alpha value is -1.51. The van der Waals surface area contributed by atoms with Gasteiger partial charge in [0.2, 0.25) is 5.91 Å². The molecule has 3 nitrogen and oxygen atoms in total. The van der Waals surface area contributed by atoms with Crippen LogP contribution in [0.25, 0.3) is 0 Å². The molecule has 0 aliphatic carbocycles. The van der Waals surface area contributed by atoms with Crippen LogP contribution in [-0.2, 0) is 10.3 Å². The van der Waals surface area contributed by atoms with E-state index in [0.29, 0.717) is 6.42 Å². The third-order valence-corrected chi connectivity index (χ3v) is 2.79. The van der Waals surface area contributed by atoms with Crippen molar-refractivity contribution in [3.8, 4) is 5.75 Å². The van der Waals surface area contributed by atoms with Gasteiger partial charge in [0.1, 0.15) is 5.75 Å². The summed E-state index contributed by atoms with van der Waals surface area (Å²) in [6, 6.07) is 7.92. The molecule has 0 spiro atoms. The molecule has 0 radical (unpaired) electrons. The number of rotatable bonds is 3. The second-order valence-corrected chi connectivity index (χ2v) is 4.75. The summed E-state index contributed by atoms with van der Waals surface area (Å²) in [4.78, 5) is 11.0. The number of carbonyl (C=O) groups is 1. The Morgan fingerprint density at radius 2 is 1.88 bits per heavy atom. The van der Waals surface area contributed by atoms with Crippen molar-refractivity contribution in [3.05, 3.63) is 29.8 Å². The number of benzene rings is 1. The van der Waals surface area contributed by atoms with Gasteiger partial charge in [-0.1, -0.05) is 12.1 Å². The molecule has 1 N–H and O–H groups in total. The highest BCUT2D eigenvalue weighted by Crippen LogP contribution is 2.32. The molecule has 1 aliphatic rings. The van der Waals surface area contributed by atoms with Gasteiger partial charge in [-0.2, -0.15) is 0 Å². The summed E-state index contributed by atoms with van der Waals surface area (Å²) >= 11 is 0. The number of hydrogen-bond donors (Lipinski definition) is 1. The Balaban J connectivity index is 2.10. The average molecular weight is 219 g/mol. The van der Waals surface area contributed by atoms with Crippen molar-refractivity contribution < 1.29 is 9.53 Å². The number of ether oxygens (including phenoxy) is 1. The predicted molar refractivity (Wildman–Crippen MR) is 62.3 cm³/mol. The summed E-state index contributed by atoms with van der Waals surface area (Å²) in [7, 11) is 0. The van der Waals surface area contributed by atoms with E-state index in [1.165, 1.54) is 0 Å². The molecule has 0 saturated carbocycles. The van der Waals surface area contributed by atoms with Crippen molar-refractivity contribution in [3.63, 3.8) is 0 Å². The van der Waals surface area contributed by atoms with Crippen LogP contribution in [0.4, 0.5) is 0 Å². The molecular formula is C13H17NO2. The molecule has 1 aromatic rings. The molecule has 1 aliphatic heterocycles. The molecule has 1 heterocycles. The van der Waals surface area contributed by atoms with Crippen LogP contribution >= 0.6 is 0 Å². The first kappa shape index (κ1) is 11.0. The summed E-state index contributed by atoms with van der Waals surface area (Å²) in [6.07, 6.45) is 0.752. The van der Waals surface area contributed by atoms with Crippen molar-refractivity contribution in [2.45, 2.75) is 38.8 Å².